The highest BCUT2D eigenvalue weighted by Gasteiger charge is 2.32. The van der Waals surface area contributed by atoms with E-state index in [0.717, 1.165) is 17.8 Å². The van der Waals surface area contributed by atoms with E-state index in [2.05, 4.69) is 36.4 Å². The van der Waals surface area contributed by atoms with Crippen LogP contribution in [0.1, 0.15) is 15.9 Å². The lowest BCUT2D eigenvalue weighted by atomic mass is 10.1. The summed E-state index contributed by atoms with van der Waals surface area (Å²) in [6.45, 7) is 0.768. The van der Waals surface area contributed by atoms with Crippen LogP contribution >= 0.6 is 0 Å². The summed E-state index contributed by atoms with van der Waals surface area (Å²) in [5.74, 6) is 0.00172. The number of nitrogens with zero attached hydrogens (tertiary/aromatic N) is 4. The van der Waals surface area contributed by atoms with Crippen molar-refractivity contribution in [2.24, 2.45) is 0 Å². The summed E-state index contributed by atoms with van der Waals surface area (Å²) < 4.78 is 42.1. The number of imidazole rings is 1. The monoisotopic (exact) mass is 529 g/mol. The van der Waals surface area contributed by atoms with Gasteiger partial charge in [0.2, 0.25) is 0 Å². The number of anilines is 3. The van der Waals surface area contributed by atoms with Gasteiger partial charge in [-0.2, -0.15) is 18.3 Å². The summed E-state index contributed by atoms with van der Waals surface area (Å²) in [6, 6.07) is 8.65. The number of urea groups is 1. The Bertz CT molecular complexity index is 1440. The molecule has 0 aliphatic rings. The molecule has 0 aliphatic carbocycles. The number of halogens is 3. The predicted molar refractivity (Wildman–Crippen MR) is 138 cm³/mol. The summed E-state index contributed by atoms with van der Waals surface area (Å²) in [5, 5.41) is 17.6. The van der Waals surface area contributed by atoms with Gasteiger partial charge in [-0.25, -0.2) is 9.78 Å². The molecule has 2 aromatic carbocycles. The quantitative estimate of drug-likeness (QED) is 0.236. The molecular formula is C24H26F3N9O2. The third-order valence-electron chi connectivity index (χ3n) is 5.53. The molecule has 14 heteroatoms. The van der Waals surface area contributed by atoms with Crippen molar-refractivity contribution in [3.05, 3.63) is 59.9 Å². The second kappa shape index (κ2) is 10.8. The first kappa shape index (κ1) is 26.5. The lowest BCUT2D eigenvalue weighted by Gasteiger charge is -2.15. The molecule has 0 spiro atoms. The van der Waals surface area contributed by atoms with E-state index in [1.54, 1.807) is 56.3 Å². The van der Waals surface area contributed by atoms with Crippen molar-refractivity contribution in [3.63, 3.8) is 0 Å². The highest BCUT2D eigenvalue weighted by molar-refractivity contribution is 6.01. The highest BCUT2D eigenvalue weighted by Crippen LogP contribution is 2.32. The molecule has 4 aromatic rings. The van der Waals surface area contributed by atoms with E-state index in [4.69, 9.17) is 0 Å². The normalized spacial score (nSPS) is 11.6. The zero-order valence-corrected chi connectivity index (χ0v) is 20.8. The number of likely N-dealkylation sites (N-methyl/N-ethyl adjacent to an activating group) is 1. The fourth-order valence-corrected chi connectivity index (χ4v) is 3.64. The lowest BCUT2D eigenvalue weighted by Crippen LogP contribution is -2.31. The molecule has 0 saturated carbocycles. The van der Waals surface area contributed by atoms with Crippen LogP contribution in [-0.2, 0) is 6.18 Å². The van der Waals surface area contributed by atoms with Gasteiger partial charge >= 0.3 is 12.2 Å². The molecule has 11 nitrogen and oxygen atoms in total. The molecule has 0 saturated heterocycles. The molecule has 0 unspecified atom stereocenters. The number of aromatic amines is 1. The summed E-state index contributed by atoms with van der Waals surface area (Å²) in [6.07, 6.45) is -3.09. The average molecular weight is 530 g/mol. The number of fused-ring (bicyclic) bond motifs is 1. The van der Waals surface area contributed by atoms with Crippen molar-refractivity contribution in [1.82, 2.24) is 30.0 Å². The molecule has 200 valence electrons. The summed E-state index contributed by atoms with van der Waals surface area (Å²) in [5.41, 5.74) is 0.962. The van der Waals surface area contributed by atoms with Crippen LogP contribution in [0.4, 0.5) is 35.2 Å². The number of alkyl halides is 3. The Hall–Kier alpha value is -4.59. The third-order valence-corrected chi connectivity index (χ3v) is 5.53. The van der Waals surface area contributed by atoms with Crippen molar-refractivity contribution in [2.45, 2.75) is 6.18 Å². The average Bonchev–Trinajstić information content (AvgIpc) is 3.45. The van der Waals surface area contributed by atoms with E-state index >= 15 is 0 Å². The van der Waals surface area contributed by atoms with Gasteiger partial charge < -0.3 is 26.2 Å². The van der Waals surface area contributed by atoms with Crippen LogP contribution in [0.2, 0.25) is 0 Å². The molecule has 0 radical (unpaired) electrons. The topological polar surface area (TPSA) is 132 Å². The zero-order valence-electron chi connectivity index (χ0n) is 20.8. The molecule has 0 bridgehead atoms. The van der Waals surface area contributed by atoms with E-state index in [1.807, 2.05) is 4.90 Å². The number of hydrogen-bond donors (Lipinski definition) is 5. The number of carbonyl (C=O) groups is 2. The minimum absolute atomic E-state index is 0.175. The summed E-state index contributed by atoms with van der Waals surface area (Å²) >= 11 is 0. The first-order valence-electron chi connectivity index (χ1n) is 11.5. The molecule has 0 fully saturated rings. The number of amides is 3. The maximum Gasteiger partial charge on any atom is 0.416 e. The van der Waals surface area contributed by atoms with Crippen LogP contribution < -0.4 is 21.3 Å². The first-order chi connectivity index (χ1) is 18.0. The van der Waals surface area contributed by atoms with E-state index in [1.165, 1.54) is 6.07 Å². The lowest BCUT2D eigenvalue weighted by molar-refractivity contribution is -0.137. The van der Waals surface area contributed by atoms with Gasteiger partial charge in [0, 0.05) is 42.8 Å². The Labute approximate surface area is 215 Å². The van der Waals surface area contributed by atoms with Gasteiger partial charge in [0.15, 0.2) is 11.2 Å². The molecule has 0 atom stereocenters. The number of nitrogens with one attached hydrogen (secondary N) is 5. The number of H-pyrrole nitrogens is 1. The van der Waals surface area contributed by atoms with Gasteiger partial charge in [-0.3, -0.25) is 14.5 Å². The van der Waals surface area contributed by atoms with Crippen molar-refractivity contribution in [2.75, 3.05) is 50.2 Å². The van der Waals surface area contributed by atoms with E-state index in [0.29, 0.717) is 29.2 Å². The van der Waals surface area contributed by atoms with Crippen LogP contribution in [0.3, 0.4) is 0 Å². The smallest absolute Gasteiger partial charge is 0.372 e. The molecule has 3 amide bonds. The number of benzene rings is 2. The summed E-state index contributed by atoms with van der Waals surface area (Å²) in [7, 11) is 5.36. The van der Waals surface area contributed by atoms with Gasteiger partial charge in [0.05, 0.1) is 5.56 Å². The number of hydrogen-bond acceptors (Lipinski definition) is 6. The standard InChI is InChI=1S/C24H26F3N9O2/c1-28-20-19-21(34-33-20)36(13-30-19)18-6-4-16(5-7-18)31-23(38)32-17-11-14(10-15(12-17)24(25,26)27)22(37)29-8-9-35(2)3/h4-7,10-13H,8-9H2,1-3H3,(H,29,37)(H2,28,33,34)(H2,31,32,38). The van der Waals surface area contributed by atoms with Crippen LogP contribution in [0.5, 0.6) is 0 Å². The molecule has 4 rings (SSSR count). The Morgan fingerprint density at radius 3 is 2.42 bits per heavy atom. The predicted octanol–water partition coefficient (Wildman–Crippen LogP) is 3.74. The molecular weight excluding hydrogens is 503 g/mol. The molecule has 38 heavy (non-hydrogen) atoms. The van der Waals surface area contributed by atoms with Crippen molar-refractivity contribution >= 4 is 40.3 Å². The maximum absolute atomic E-state index is 13.4. The Balaban J connectivity index is 1.46. The second-order valence-electron chi connectivity index (χ2n) is 8.62. The molecule has 2 heterocycles. The second-order valence-corrected chi connectivity index (χ2v) is 8.62. The van der Waals surface area contributed by atoms with E-state index < -0.39 is 23.7 Å². The number of aromatic nitrogens is 4. The SMILES string of the molecule is CNc1[nH]nc2c1ncn2-c1ccc(NC(=O)Nc2cc(C(=O)NCCN(C)C)cc(C(F)(F)F)c2)cc1. The van der Waals surface area contributed by atoms with Gasteiger partial charge in [0.1, 0.15) is 12.1 Å². The first-order valence-corrected chi connectivity index (χ1v) is 11.5. The number of carbonyl (C=O) groups excluding carboxylic acids is 2. The van der Waals surface area contributed by atoms with E-state index in [9.17, 15) is 22.8 Å². The highest BCUT2D eigenvalue weighted by atomic mass is 19.4. The van der Waals surface area contributed by atoms with Crippen molar-refractivity contribution < 1.29 is 22.8 Å². The third kappa shape index (κ3) is 6.03. The van der Waals surface area contributed by atoms with Crippen LogP contribution in [-0.4, -0.2) is 70.8 Å². The molecule has 5 N–H and O–H groups in total. The maximum atomic E-state index is 13.4. The minimum atomic E-state index is -4.70. The molecule has 0 aliphatic heterocycles. The van der Waals surface area contributed by atoms with Crippen LogP contribution in [0, 0.1) is 0 Å². The largest absolute Gasteiger partial charge is 0.416 e. The van der Waals surface area contributed by atoms with Crippen LogP contribution in [0.25, 0.3) is 16.9 Å². The zero-order chi connectivity index (χ0) is 27.4. The minimum Gasteiger partial charge on any atom is -0.372 e. The van der Waals surface area contributed by atoms with Crippen LogP contribution in [0.15, 0.2) is 48.8 Å². The summed E-state index contributed by atoms with van der Waals surface area (Å²) in [4.78, 5) is 31.1. The Kier molecular flexibility index (Phi) is 7.52. The number of rotatable bonds is 8. The van der Waals surface area contributed by atoms with E-state index in [-0.39, 0.29) is 17.8 Å². The van der Waals surface area contributed by atoms with Gasteiger partial charge in [-0.15, -0.1) is 0 Å². The Morgan fingerprint density at radius 1 is 1.05 bits per heavy atom. The van der Waals surface area contributed by atoms with Crippen molar-refractivity contribution in [1.29, 1.82) is 0 Å². The van der Waals surface area contributed by atoms with Gasteiger partial charge in [0.25, 0.3) is 5.91 Å². The fourth-order valence-electron chi connectivity index (χ4n) is 3.64. The Morgan fingerprint density at radius 2 is 1.76 bits per heavy atom. The fraction of sp³-hybridized carbons (Fsp3) is 0.250. The van der Waals surface area contributed by atoms with Crippen molar-refractivity contribution in [3.8, 4) is 5.69 Å². The molecule has 2 aromatic heterocycles. The van der Waals surface area contributed by atoms with Gasteiger partial charge in [-0.05, 0) is 56.6 Å². The van der Waals surface area contributed by atoms with Gasteiger partial charge in [-0.1, -0.05) is 0 Å².